The predicted molar refractivity (Wildman–Crippen MR) is 67.1 cm³/mol. The maximum absolute atomic E-state index is 12.1. The molecule has 4 heteroatoms. The highest BCUT2D eigenvalue weighted by Crippen LogP contribution is 2.12. The fourth-order valence-electron chi connectivity index (χ4n) is 1.71. The first-order valence-corrected chi connectivity index (χ1v) is 5.42. The Bertz CT molecular complexity index is 581. The van der Waals surface area contributed by atoms with E-state index in [4.69, 9.17) is 0 Å². The van der Waals surface area contributed by atoms with Gasteiger partial charge in [-0.1, -0.05) is 6.07 Å². The number of nitrogens with zero attached hydrogens (tertiary/aromatic N) is 3. The van der Waals surface area contributed by atoms with Crippen molar-refractivity contribution in [1.29, 1.82) is 0 Å². The Kier molecular flexibility index (Phi) is 2.95. The van der Waals surface area contributed by atoms with Gasteiger partial charge in [0.25, 0.3) is 0 Å². The van der Waals surface area contributed by atoms with Gasteiger partial charge < -0.3 is 4.90 Å². The molecule has 0 aromatic carbocycles. The molecule has 0 bridgehead atoms. The van der Waals surface area contributed by atoms with E-state index in [2.05, 4.69) is 4.98 Å². The molecular formula is C13H15N3O. The minimum atomic E-state index is -0.0325. The van der Waals surface area contributed by atoms with Crippen molar-refractivity contribution < 1.29 is 4.79 Å². The van der Waals surface area contributed by atoms with E-state index in [0.717, 1.165) is 11.3 Å². The summed E-state index contributed by atoms with van der Waals surface area (Å²) in [5, 5.41) is 0. The van der Waals surface area contributed by atoms with Gasteiger partial charge in [-0.25, -0.2) is 4.98 Å². The second kappa shape index (κ2) is 4.41. The third-order valence-corrected chi connectivity index (χ3v) is 2.46. The number of carbonyl (C=O) groups is 1. The van der Waals surface area contributed by atoms with Crippen molar-refractivity contribution in [3.8, 4) is 0 Å². The van der Waals surface area contributed by atoms with Crippen LogP contribution in [0, 0.1) is 6.92 Å². The van der Waals surface area contributed by atoms with Crippen LogP contribution in [-0.2, 0) is 0 Å². The second-order valence-electron chi connectivity index (χ2n) is 4.12. The Balaban J connectivity index is 2.48. The molecule has 88 valence electrons. The van der Waals surface area contributed by atoms with Gasteiger partial charge in [0, 0.05) is 32.6 Å². The van der Waals surface area contributed by atoms with Crippen LogP contribution in [0.2, 0.25) is 0 Å². The number of rotatable bonds is 3. The smallest absolute Gasteiger partial charge is 0.205 e. The Morgan fingerprint density at radius 2 is 2.18 bits per heavy atom. The average molecular weight is 229 g/mol. The number of ketones is 1. The molecule has 4 nitrogen and oxygen atoms in total. The second-order valence-corrected chi connectivity index (χ2v) is 4.12. The number of allylic oxidation sites excluding steroid dienone is 1. The summed E-state index contributed by atoms with van der Waals surface area (Å²) in [5.41, 5.74) is 2.18. The van der Waals surface area contributed by atoms with Crippen molar-refractivity contribution in [3.63, 3.8) is 0 Å². The summed E-state index contributed by atoms with van der Waals surface area (Å²) in [6, 6.07) is 5.69. The van der Waals surface area contributed by atoms with Crippen LogP contribution in [0.3, 0.4) is 0 Å². The van der Waals surface area contributed by atoms with Gasteiger partial charge in [0.2, 0.25) is 5.78 Å². The first-order chi connectivity index (χ1) is 8.09. The molecule has 0 radical (unpaired) electrons. The molecule has 0 fully saturated rings. The molecule has 0 saturated heterocycles. The molecule has 2 aromatic rings. The van der Waals surface area contributed by atoms with E-state index in [-0.39, 0.29) is 5.78 Å². The lowest BCUT2D eigenvalue weighted by Crippen LogP contribution is -2.06. The van der Waals surface area contributed by atoms with Crippen molar-refractivity contribution in [2.45, 2.75) is 6.92 Å². The molecule has 0 unspecified atom stereocenters. The topological polar surface area (TPSA) is 37.6 Å². The van der Waals surface area contributed by atoms with Gasteiger partial charge in [-0.05, 0) is 19.1 Å². The zero-order valence-electron chi connectivity index (χ0n) is 10.2. The molecular weight excluding hydrogens is 214 g/mol. The molecule has 2 heterocycles. The standard InChI is InChI=1S/C13H15N3O/c1-10-13(11(17)7-9-15(2)3)16-8-5-4-6-12(16)14-10/h4-9H,1-3H3. The van der Waals surface area contributed by atoms with E-state index in [1.165, 1.54) is 0 Å². The molecule has 0 spiro atoms. The Labute approximate surface area is 100 Å². The summed E-state index contributed by atoms with van der Waals surface area (Å²) in [4.78, 5) is 18.3. The Morgan fingerprint density at radius 3 is 2.88 bits per heavy atom. The molecule has 0 aliphatic carbocycles. The number of hydrogen-bond donors (Lipinski definition) is 0. The van der Waals surface area contributed by atoms with Crippen molar-refractivity contribution >= 4 is 11.4 Å². The quantitative estimate of drug-likeness (QED) is 0.596. The summed E-state index contributed by atoms with van der Waals surface area (Å²) in [5.74, 6) is -0.0325. The third kappa shape index (κ3) is 2.20. The van der Waals surface area contributed by atoms with Gasteiger partial charge in [-0.15, -0.1) is 0 Å². The molecule has 0 N–H and O–H groups in total. The van der Waals surface area contributed by atoms with E-state index < -0.39 is 0 Å². The van der Waals surface area contributed by atoms with E-state index in [1.807, 2.05) is 54.7 Å². The summed E-state index contributed by atoms with van der Waals surface area (Å²) in [6.07, 6.45) is 5.15. The van der Waals surface area contributed by atoms with Crippen molar-refractivity contribution in [2.75, 3.05) is 14.1 Å². The van der Waals surface area contributed by atoms with Gasteiger partial charge in [-0.3, -0.25) is 9.20 Å². The maximum Gasteiger partial charge on any atom is 0.205 e. The lowest BCUT2D eigenvalue weighted by Gasteiger charge is -2.03. The number of aryl methyl sites for hydroxylation is 1. The fraction of sp³-hybridized carbons (Fsp3) is 0.231. The van der Waals surface area contributed by atoms with Gasteiger partial charge in [0.15, 0.2) is 0 Å². The number of imidazole rings is 1. The minimum absolute atomic E-state index is 0.0325. The van der Waals surface area contributed by atoms with Crippen LogP contribution in [0.15, 0.2) is 36.7 Å². The third-order valence-electron chi connectivity index (χ3n) is 2.46. The molecule has 0 saturated carbocycles. The van der Waals surface area contributed by atoms with E-state index in [9.17, 15) is 4.79 Å². The first-order valence-electron chi connectivity index (χ1n) is 5.42. The largest absolute Gasteiger partial charge is 0.383 e. The zero-order chi connectivity index (χ0) is 12.4. The van der Waals surface area contributed by atoms with Gasteiger partial charge in [0.1, 0.15) is 11.3 Å². The Morgan fingerprint density at radius 1 is 1.41 bits per heavy atom. The van der Waals surface area contributed by atoms with Crippen molar-refractivity contribution in [1.82, 2.24) is 14.3 Å². The molecule has 2 aromatic heterocycles. The highest BCUT2D eigenvalue weighted by Gasteiger charge is 2.13. The van der Waals surface area contributed by atoms with Gasteiger partial charge >= 0.3 is 0 Å². The Hall–Kier alpha value is -2.10. The maximum atomic E-state index is 12.1. The fourth-order valence-corrected chi connectivity index (χ4v) is 1.71. The number of pyridine rings is 1. The summed E-state index contributed by atoms with van der Waals surface area (Å²) < 4.78 is 1.82. The number of aromatic nitrogens is 2. The van der Waals surface area contributed by atoms with Crippen LogP contribution in [0.1, 0.15) is 16.2 Å². The van der Waals surface area contributed by atoms with E-state index >= 15 is 0 Å². The molecule has 0 aliphatic rings. The van der Waals surface area contributed by atoms with Crippen LogP contribution < -0.4 is 0 Å². The van der Waals surface area contributed by atoms with Crippen LogP contribution in [-0.4, -0.2) is 34.2 Å². The zero-order valence-corrected chi connectivity index (χ0v) is 10.2. The van der Waals surface area contributed by atoms with Gasteiger partial charge in [0.05, 0.1) is 5.69 Å². The monoisotopic (exact) mass is 229 g/mol. The lowest BCUT2D eigenvalue weighted by molar-refractivity contribution is 0.104. The van der Waals surface area contributed by atoms with Crippen LogP contribution in [0.5, 0.6) is 0 Å². The lowest BCUT2D eigenvalue weighted by atomic mass is 10.2. The summed E-state index contributed by atoms with van der Waals surface area (Å²) in [6.45, 7) is 1.85. The van der Waals surface area contributed by atoms with Crippen molar-refractivity contribution in [2.24, 2.45) is 0 Å². The number of carbonyl (C=O) groups excluding carboxylic acids is 1. The van der Waals surface area contributed by atoms with E-state index in [1.54, 1.807) is 12.3 Å². The summed E-state index contributed by atoms with van der Waals surface area (Å²) in [7, 11) is 3.76. The summed E-state index contributed by atoms with van der Waals surface area (Å²) >= 11 is 0. The average Bonchev–Trinajstić information content (AvgIpc) is 2.61. The SMILES string of the molecule is Cc1nc2ccccn2c1C(=O)C=CN(C)C. The normalized spacial score (nSPS) is 11.2. The number of hydrogen-bond acceptors (Lipinski definition) is 3. The van der Waals surface area contributed by atoms with Crippen LogP contribution in [0.25, 0.3) is 5.65 Å². The number of fused-ring (bicyclic) bond motifs is 1. The molecule has 0 aliphatic heterocycles. The van der Waals surface area contributed by atoms with Gasteiger partial charge in [-0.2, -0.15) is 0 Å². The first kappa shape index (κ1) is 11.4. The van der Waals surface area contributed by atoms with E-state index in [0.29, 0.717) is 5.69 Å². The highest BCUT2D eigenvalue weighted by atomic mass is 16.1. The predicted octanol–water partition coefficient (Wildman–Crippen LogP) is 1.90. The molecule has 17 heavy (non-hydrogen) atoms. The molecule has 0 atom stereocenters. The molecule has 2 rings (SSSR count). The highest BCUT2D eigenvalue weighted by molar-refractivity contribution is 6.04. The van der Waals surface area contributed by atoms with Crippen LogP contribution in [0.4, 0.5) is 0 Å². The minimum Gasteiger partial charge on any atom is -0.383 e. The van der Waals surface area contributed by atoms with Crippen LogP contribution >= 0.6 is 0 Å². The van der Waals surface area contributed by atoms with Crippen molar-refractivity contribution in [3.05, 3.63) is 48.1 Å². The molecule has 0 amide bonds.